The van der Waals surface area contributed by atoms with Crippen LogP contribution >= 0.6 is 45.9 Å². The van der Waals surface area contributed by atoms with Crippen LogP contribution in [0.15, 0.2) is 66.9 Å². The van der Waals surface area contributed by atoms with Crippen LogP contribution in [0.3, 0.4) is 0 Å². The fraction of sp³-hybridized carbons (Fsp3) is 0.625. The van der Waals surface area contributed by atoms with Gasteiger partial charge in [-0.15, -0.1) is 0 Å². The zero-order valence-electron chi connectivity index (χ0n) is 52.0. The summed E-state index contributed by atoms with van der Waals surface area (Å²) in [6.45, 7) is -14.5. The van der Waals surface area contributed by atoms with Gasteiger partial charge in [0.25, 0.3) is 22.6 Å². The predicted molar refractivity (Wildman–Crippen MR) is 354 cm³/mol. The number of nitrogens with one attached hydrogen (secondary N) is 4. The minimum Gasteiger partial charge on any atom is -0.394 e. The summed E-state index contributed by atoms with van der Waals surface area (Å²) in [5.41, 5.74) is 2.07. The second kappa shape index (κ2) is 31.7. The Kier molecular flexibility index (Phi) is 25.4. The molecule has 1 amide bonds. The van der Waals surface area contributed by atoms with Crippen molar-refractivity contribution in [3.8, 4) is 0 Å². The first-order valence-corrected chi connectivity index (χ1v) is 41.9. The topological polar surface area (TPSA) is 498 Å². The molecule has 0 aromatic carbocycles. The van der Waals surface area contributed by atoms with Gasteiger partial charge in [-0.3, -0.25) is 65.9 Å². The van der Waals surface area contributed by atoms with Crippen LogP contribution in [-0.2, 0) is 130 Å². The fourth-order valence-electron chi connectivity index (χ4n) is 10.6. The number of thiol groups is 1. The summed E-state index contributed by atoms with van der Waals surface area (Å²) in [5, 5.41) is 12.0. The largest absolute Gasteiger partial charge is 0.394 e. The molecule has 5 aliphatic rings. The number of ether oxygens (including phenoxy) is 6. The minimum atomic E-state index is -4.82. The Labute approximate surface area is 574 Å². The first-order chi connectivity index (χ1) is 45.4. The van der Waals surface area contributed by atoms with E-state index in [0.717, 1.165) is 15.3 Å². The highest BCUT2D eigenvalue weighted by molar-refractivity contribution is 8.44. The number of aryl methyl sites for hydroxylation is 2. The van der Waals surface area contributed by atoms with Gasteiger partial charge >= 0.3 is 45.1 Å². The van der Waals surface area contributed by atoms with Gasteiger partial charge in [0.1, 0.15) is 73.2 Å². The van der Waals surface area contributed by atoms with Gasteiger partial charge < -0.3 is 96.2 Å². The van der Waals surface area contributed by atoms with Crippen LogP contribution < -0.4 is 39.1 Å². The molecule has 0 saturated carbocycles. The number of methoxy groups -OCH3 is 2. The second-order valence-corrected chi connectivity index (χ2v) is 36.3. The predicted octanol–water partition coefficient (Wildman–Crippen LogP) is 0.399. The summed E-state index contributed by atoms with van der Waals surface area (Å²) in [5.74, 6) is -0.659. The Morgan fingerprint density at radius 3 is 1.74 bits per heavy atom. The van der Waals surface area contributed by atoms with Gasteiger partial charge in [-0.2, -0.15) is 4.98 Å². The van der Waals surface area contributed by atoms with Gasteiger partial charge in [0, 0.05) is 62.4 Å². The maximum atomic E-state index is 14.7. The van der Waals surface area contributed by atoms with Crippen LogP contribution in [0.1, 0.15) is 63.4 Å². The Hall–Kier alpha value is -3.40. The quantitative estimate of drug-likeness (QED) is 0.0240. The molecular formula is C48H70N11O28P5S5. The van der Waals surface area contributed by atoms with E-state index >= 15 is 0 Å². The number of aromatic amines is 3. The number of aliphatic hydroxyl groups excluding tert-OH is 1. The molecule has 4 fully saturated rings. The summed E-state index contributed by atoms with van der Waals surface area (Å²) in [6, 6.07) is 0. The summed E-state index contributed by atoms with van der Waals surface area (Å²) >= 11 is 25.8. The molecular weight excluding hydrogens is 1490 g/mol. The number of aliphatic hydroxyl groups is 1. The molecule has 39 nitrogen and oxygen atoms in total. The highest BCUT2D eigenvalue weighted by atomic mass is 32.7. The number of carbonyl (C=O) groups excluding carboxylic acids is 1. The van der Waals surface area contributed by atoms with E-state index in [0.29, 0.717) is 0 Å². The molecule has 0 aliphatic carbocycles. The molecule has 4 aromatic heterocycles. The van der Waals surface area contributed by atoms with Gasteiger partial charge in [-0.1, -0.05) is 18.8 Å². The number of amides is 1. The lowest BCUT2D eigenvalue weighted by molar-refractivity contribution is -0.120. The number of hydrogen-bond acceptors (Lipinski definition) is 32. The van der Waals surface area contributed by atoms with E-state index < -0.39 is 199 Å². The van der Waals surface area contributed by atoms with Crippen molar-refractivity contribution < 1.29 is 108 Å². The number of imidazole rings is 1. The number of hydrogen-bond donors (Lipinski definition) is 11. The van der Waals surface area contributed by atoms with Crippen molar-refractivity contribution in [2.45, 2.75) is 140 Å². The lowest BCUT2D eigenvalue weighted by atomic mass is 10.1. The van der Waals surface area contributed by atoms with Crippen LogP contribution in [0, 0.1) is 13.8 Å². The Morgan fingerprint density at radius 1 is 0.670 bits per heavy atom. The van der Waals surface area contributed by atoms with Crippen molar-refractivity contribution in [2.75, 3.05) is 59.6 Å². The van der Waals surface area contributed by atoms with Gasteiger partial charge in [-0.05, 0) is 81.8 Å². The molecule has 9 unspecified atom stereocenters. The molecule has 0 spiro atoms. The number of nitrogens with zero attached hydrogens (tertiary/aromatic N) is 6. The maximum absolute atomic E-state index is 14.7. The Morgan fingerprint density at radius 2 is 1.16 bits per heavy atom. The molecule has 5 aliphatic heterocycles. The van der Waals surface area contributed by atoms with Gasteiger partial charge in [-0.25, -0.2) is 19.1 Å². The minimum absolute atomic E-state index is 0.0127. The van der Waals surface area contributed by atoms with Crippen LogP contribution in [-0.4, -0.2) is 201 Å². The number of rotatable bonds is 31. The normalized spacial score (nSPS) is 30.1. The third kappa shape index (κ3) is 19.1. The standard InChI is InChI=1S/C48H70N11O28P5S5/c1-21(2)83-89(68,94)75-16-29-27(12-33(80-29)59-20-50-34-39(59)52-46(49)53-43(34)64)85-90(69,95)76-17-28-26(11-32(79-28)57-14-23(4)41(62)54-47(57)65)84-91(70,96)77-18-31-36(38(73-8)45(82-31)58-15-24(5)42(63)55-48(58)66)87-92(71,97)78-19-30-35(86-88(67,93)74-10-9-60)37(72-7)44(81-30)56-13-22(3)40(61)51-25(56)6/h13-15,20-21,26-33,35-38,44-45,60H,6,9-12,16-19H2,1-5,7-8H3,(H,51,61)(H,67,93)(H,68,94)(H,69,95)(H,70,96)(H,71,97)(H,54,62,65)(H,55,63,66)(H3,49,52,53,64)/t26?,27?,28-,29-,30-,31-,32-,33-,35?,36?,37+,38+,44-,45-,88?,89?,90?,91?,92?/m1/s1. The number of nitrogen functional groups attached to an aromatic ring is 1. The van der Waals surface area contributed by atoms with Crippen molar-refractivity contribution in [3.63, 3.8) is 0 Å². The van der Waals surface area contributed by atoms with E-state index in [2.05, 4.69) is 49.1 Å². The van der Waals surface area contributed by atoms with Crippen molar-refractivity contribution >= 4 is 116 Å². The molecule has 9 heterocycles. The van der Waals surface area contributed by atoms with E-state index in [-0.39, 0.29) is 52.5 Å². The summed E-state index contributed by atoms with van der Waals surface area (Å²) < 4.78 is 113. The first kappa shape index (κ1) is 77.8. The molecule has 49 heteroatoms. The molecule has 11 N–H and O–H groups in total. The number of H-pyrrole nitrogens is 3. The van der Waals surface area contributed by atoms with E-state index in [1.807, 2.05) is 0 Å². The first-order valence-electron chi connectivity index (χ1n) is 28.8. The molecule has 19 atom stereocenters. The average Bonchev–Trinajstić information content (AvgIpc) is 1.31. The molecule has 4 aromatic rings. The summed E-state index contributed by atoms with van der Waals surface area (Å²) in [6.07, 6.45) is -15.3. The third-order valence-corrected chi connectivity index (χ3v) is 23.1. The Bertz CT molecular complexity index is 4200. The second-order valence-electron chi connectivity index (χ2n) is 22.3. The van der Waals surface area contributed by atoms with E-state index in [1.165, 1.54) is 63.2 Å². The summed E-state index contributed by atoms with van der Waals surface area (Å²) in [7, 11) is 2.45. The monoisotopic (exact) mass is 1560 g/mol. The van der Waals surface area contributed by atoms with E-state index in [4.69, 9.17) is 127 Å². The Balaban J connectivity index is 0.950. The van der Waals surface area contributed by atoms with Gasteiger partial charge in [0.2, 0.25) is 5.95 Å². The van der Waals surface area contributed by atoms with Crippen LogP contribution in [0.2, 0.25) is 0 Å². The van der Waals surface area contributed by atoms with E-state index in [1.54, 1.807) is 13.8 Å². The molecule has 0 radical (unpaired) electrons. The van der Waals surface area contributed by atoms with E-state index in [9.17, 15) is 58.0 Å². The highest BCUT2D eigenvalue weighted by Crippen LogP contribution is 2.59. The van der Waals surface area contributed by atoms with Crippen molar-refractivity contribution in [1.82, 2.24) is 48.8 Å². The fourth-order valence-corrected chi connectivity index (χ4v) is 18.2. The third-order valence-electron chi connectivity index (χ3n) is 15.0. The molecule has 9 rings (SSSR count). The summed E-state index contributed by atoms with van der Waals surface area (Å²) in [4.78, 5) is 139. The van der Waals surface area contributed by atoms with Gasteiger partial charge in [0.05, 0.1) is 58.2 Å². The number of anilines is 1. The lowest BCUT2D eigenvalue weighted by Crippen LogP contribution is -2.48. The highest BCUT2D eigenvalue weighted by Gasteiger charge is 2.54. The number of carbonyl (C=O) groups is 1. The number of aromatic nitrogens is 8. The molecule has 97 heavy (non-hydrogen) atoms. The molecule has 540 valence electrons. The zero-order chi connectivity index (χ0) is 71.0. The smallest absolute Gasteiger partial charge is 0.386 e. The zero-order valence-corrected chi connectivity index (χ0v) is 60.7. The van der Waals surface area contributed by atoms with Crippen LogP contribution in [0.4, 0.5) is 5.95 Å². The van der Waals surface area contributed by atoms with Crippen molar-refractivity contribution in [1.29, 1.82) is 0 Å². The molecule has 4 saturated heterocycles. The average molecular weight is 1560 g/mol. The SMILES string of the molecule is C=C1NC(=O)C(C)=CN1[C@@H]1O[C@H](COP(O)(=S)OC2[C@@H](COP(=O)(S)OC3C[C@H](n4cc(C)c(=O)[nH]c4=O)O[C@@H]3COP(O)(=S)OC3C[C@H](n4cnc5c(=O)[nH]c(N)nc54)O[C@@H]3COP(O)(=S)OC(C)C)O[C@@H](n3cc(C)c(=O)[nH]c3=O)[C@H]2OC)C(OP(O)(=S)OCCO)[C@@H]1OC. The van der Waals surface area contributed by atoms with Crippen molar-refractivity contribution in [3.05, 3.63) is 106 Å². The van der Waals surface area contributed by atoms with Crippen LogP contribution in [0.25, 0.3) is 11.2 Å². The van der Waals surface area contributed by atoms with Gasteiger partial charge in [0.15, 0.2) is 23.6 Å². The lowest BCUT2D eigenvalue weighted by Gasteiger charge is -2.35. The van der Waals surface area contributed by atoms with Crippen LogP contribution in [0.5, 0.6) is 0 Å². The maximum Gasteiger partial charge on any atom is 0.386 e. The van der Waals surface area contributed by atoms with Crippen molar-refractivity contribution in [2.24, 2.45) is 0 Å². The number of nitrogens with two attached hydrogens (primary N) is 1. The number of fused-ring (bicyclic) bond motifs is 1. The molecule has 0 bridgehead atoms.